The Bertz CT molecular complexity index is 536. The predicted octanol–water partition coefficient (Wildman–Crippen LogP) is 1.58. The van der Waals surface area contributed by atoms with Crippen molar-refractivity contribution in [2.75, 3.05) is 13.2 Å². The zero-order valence-electron chi connectivity index (χ0n) is 18.5. The first-order valence-electron chi connectivity index (χ1n) is 11.3. The number of ether oxygens (including phenoxy) is 2. The van der Waals surface area contributed by atoms with E-state index in [0.717, 1.165) is 19.3 Å². The van der Waals surface area contributed by atoms with Crippen molar-refractivity contribution in [2.24, 2.45) is 5.92 Å². The van der Waals surface area contributed by atoms with Gasteiger partial charge in [-0.3, -0.25) is 4.79 Å². The molecule has 0 radical (unpaired) electrons. The molecule has 5 N–H and O–H groups in total. The van der Waals surface area contributed by atoms with Crippen LogP contribution in [0, 0.1) is 5.92 Å². The van der Waals surface area contributed by atoms with Crippen LogP contribution in [-0.2, 0) is 14.3 Å². The van der Waals surface area contributed by atoms with Gasteiger partial charge < -0.3 is 35.0 Å². The van der Waals surface area contributed by atoms with Crippen LogP contribution < -0.4 is 0 Å². The predicted molar refractivity (Wildman–Crippen MR) is 116 cm³/mol. The number of hydrogen-bond donors (Lipinski definition) is 5. The lowest BCUT2D eigenvalue weighted by molar-refractivity contribution is -0.199. The van der Waals surface area contributed by atoms with Gasteiger partial charge in [-0.1, -0.05) is 50.5 Å². The summed E-state index contributed by atoms with van der Waals surface area (Å²) in [6.07, 6.45) is 9.33. The highest BCUT2D eigenvalue weighted by molar-refractivity contribution is 5.69. The van der Waals surface area contributed by atoms with Crippen molar-refractivity contribution in [1.29, 1.82) is 0 Å². The summed E-state index contributed by atoms with van der Waals surface area (Å²) < 4.78 is 10.4. The van der Waals surface area contributed by atoms with E-state index in [9.17, 15) is 20.1 Å². The highest BCUT2D eigenvalue weighted by atomic mass is 16.6. The van der Waals surface area contributed by atoms with E-state index in [1.165, 1.54) is 0 Å². The van der Waals surface area contributed by atoms with Crippen molar-refractivity contribution in [3.05, 3.63) is 24.3 Å². The van der Waals surface area contributed by atoms with Crippen LogP contribution in [0.4, 0.5) is 0 Å². The third-order valence-electron chi connectivity index (χ3n) is 5.27. The van der Waals surface area contributed by atoms with E-state index in [1.54, 1.807) is 12.2 Å². The Kier molecular flexibility index (Phi) is 14.6. The van der Waals surface area contributed by atoms with E-state index >= 15 is 0 Å². The first-order chi connectivity index (χ1) is 14.9. The van der Waals surface area contributed by atoms with Crippen LogP contribution in [-0.4, -0.2) is 75.4 Å². The minimum Gasteiger partial charge on any atom is -0.463 e. The maximum Gasteiger partial charge on any atom is 0.305 e. The van der Waals surface area contributed by atoms with Gasteiger partial charge in [-0.05, 0) is 25.7 Å². The summed E-state index contributed by atoms with van der Waals surface area (Å²) in [6, 6.07) is 0. The molecule has 0 aromatic rings. The second kappa shape index (κ2) is 16.4. The average Bonchev–Trinajstić information content (AvgIpc) is 2.74. The Hall–Kier alpha value is -1.29. The minimum absolute atomic E-state index is 0.146. The summed E-state index contributed by atoms with van der Waals surface area (Å²) in [4.78, 5) is 11.5. The zero-order chi connectivity index (χ0) is 23.1. The average molecular weight is 445 g/mol. The maximum absolute atomic E-state index is 11.5. The molecule has 0 aliphatic carbocycles. The van der Waals surface area contributed by atoms with Gasteiger partial charge in [-0.25, -0.2) is 0 Å². The van der Waals surface area contributed by atoms with Crippen molar-refractivity contribution in [2.45, 2.75) is 95.4 Å². The van der Waals surface area contributed by atoms with Crippen LogP contribution in [0.2, 0.25) is 0 Å². The molecule has 8 heteroatoms. The molecule has 1 heterocycles. The van der Waals surface area contributed by atoms with E-state index in [0.29, 0.717) is 25.7 Å². The Morgan fingerprint density at radius 2 is 1.97 bits per heavy atom. The lowest BCUT2D eigenvalue weighted by Gasteiger charge is -2.36. The second-order valence-electron chi connectivity index (χ2n) is 8.09. The summed E-state index contributed by atoms with van der Waals surface area (Å²) in [5.41, 5.74) is 0. The quantitative estimate of drug-likeness (QED) is 0.146. The van der Waals surface area contributed by atoms with Crippen LogP contribution >= 0.6 is 0 Å². The molecule has 1 aliphatic heterocycles. The van der Waals surface area contributed by atoms with Gasteiger partial charge in [-0.2, -0.15) is 0 Å². The van der Waals surface area contributed by atoms with Gasteiger partial charge in [0.1, 0.15) is 12.7 Å². The molecule has 0 aromatic heterocycles. The summed E-state index contributed by atoms with van der Waals surface area (Å²) in [5, 5.41) is 48.1. The van der Waals surface area contributed by atoms with E-state index in [2.05, 4.69) is 6.92 Å². The first kappa shape index (κ1) is 27.7. The minimum atomic E-state index is -1.05. The Morgan fingerprint density at radius 1 is 1.19 bits per heavy atom. The molecular formula is C23H40O8. The Labute approximate surface area is 185 Å². The van der Waals surface area contributed by atoms with E-state index in [4.69, 9.17) is 19.7 Å². The van der Waals surface area contributed by atoms with Crippen molar-refractivity contribution < 1.29 is 39.8 Å². The number of allylic oxidation sites excluding steroid dienone is 2. The van der Waals surface area contributed by atoms with Crippen molar-refractivity contribution in [3.8, 4) is 0 Å². The van der Waals surface area contributed by atoms with Gasteiger partial charge in [0.05, 0.1) is 24.9 Å². The van der Waals surface area contributed by atoms with Gasteiger partial charge in [-0.15, -0.1) is 0 Å². The number of unbranched alkanes of at least 4 members (excludes halogenated alkanes) is 3. The molecule has 1 saturated heterocycles. The fourth-order valence-corrected chi connectivity index (χ4v) is 3.40. The number of aliphatic hydroxyl groups excluding tert-OH is 5. The lowest BCUT2D eigenvalue weighted by Crippen LogP contribution is -2.43. The summed E-state index contributed by atoms with van der Waals surface area (Å²) in [5.74, 6) is -0.655. The normalized spacial score (nSPS) is 26.4. The highest BCUT2D eigenvalue weighted by Crippen LogP contribution is 2.29. The molecule has 180 valence electrons. The van der Waals surface area contributed by atoms with E-state index in [-0.39, 0.29) is 25.4 Å². The molecular weight excluding hydrogens is 404 g/mol. The molecule has 31 heavy (non-hydrogen) atoms. The molecule has 0 aromatic carbocycles. The smallest absolute Gasteiger partial charge is 0.305 e. The SMILES string of the molecule is CCCCC[C@H](O)/C=C/[C@H]1OC(O)C[C@H](O)[C@@H]1C/C=C\CCCC(=O)OC[C@@H](O)CO. The van der Waals surface area contributed by atoms with Crippen LogP contribution in [0.5, 0.6) is 0 Å². The third kappa shape index (κ3) is 12.4. The standard InChI is InChI=1S/C23H40O8/c1-2-3-6-9-17(25)12-13-21-19(20(27)14-23(29)31-21)10-7-4-5-8-11-22(28)30-16-18(26)15-24/h4,7,12-13,17-21,23-27,29H,2-3,5-6,8-11,14-16H2,1H3/b7-4-,13-12+/t17-,18-,19-,20-,21+,23?/m0/s1. The lowest BCUT2D eigenvalue weighted by atomic mass is 9.87. The number of hydrogen-bond acceptors (Lipinski definition) is 8. The van der Waals surface area contributed by atoms with E-state index < -0.39 is 43.3 Å². The molecule has 1 aliphatic rings. The summed E-state index contributed by atoms with van der Waals surface area (Å²) >= 11 is 0. The van der Waals surface area contributed by atoms with Gasteiger partial charge >= 0.3 is 5.97 Å². The zero-order valence-corrected chi connectivity index (χ0v) is 18.5. The van der Waals surface area contributed by atoms with Crippen LogP contribution in [0.1, 0.15) is 64.7 Å². The Morgan fingerprint density at radius 3 is 2.68 bits per heavy atom. The summed E-state index contributed by atoms with van der Waals surface area (Å²) in [7, 11) is 0. The molecule has 1 fully saturated rings. The molecule has 0 saturated carbocycles. The largest absolute Gasteiger partial charge is 0.463 e. The number of esters is 1. The molecule has 0 amide bonds. The van der Waals surface area contributed by atoms with Crippen LogP contribution in [0.3, 0.4) is 0 Å². The van der Waals surface area contributed by atoms with E-state index in [1.807, 2.05) is 12.2 Å². The molecule has 8 nitrogen and oxygen atoms in total. The van der Waals surface area contributed by atoms with Gasteiger partial charge in [0.15, 0.2) is 6.29 Å². The number of rotatable bonds is 15. The summed E-state index contributed by atoms with van der Waals surface area (Å²) in [6.45, 7) is 1.45. The molecule has 1 rings (SSSR count). The monoisotopic (exact) mass is 444 g/mol. The third-order valence-corrected chi connectivity index (χ3v) is 5.27. The number of carbonyl (C=O) groups excluding carboxylic acids is 1. The maximum atomic E-state index is 11.5. The van der Waals surface area contributed by atoms with Gasteiger partial charge in [0, 0.05) is 18.8 Å². The molecule has 1 unspecified atom stereocenters. The first-order valence-corrected chi connectivity index (χ1v) is 11.3. The topological polar surface area (TPSA) is 137 Å². The van der Waals surface area contributed by atoms with Crippen LogP contribution in [0.15, 0.2) is 24.3 Å². The number of carbonyl (C=O) groups is 1. The molecule has 6 atom stereocenters. The fourth-order valence-electron chi connectivity index (χ4n) is 3.40. The molecule has 0 spiro atoms. The van der Waals surface area contributed by atoms with Gasteiger partial charge in [0.2, 0.25) is 0 Å². The van der Waals surface area contributed by atoms with Crippen molar-refractivity contribution in [1.82, 2.24) is 0 Å². The fraction of sp³-hybridized carbons (Fsp3) is 0.783. The highest BCUT2D eigenvalue weighted by Gasteiger charge is 2.35. The Balaban J connectivity index is 2.41. The molecule has 0 bridgehead atoms. The second-order valence-corrected chi connectivity index (χ2v) is 8.09. The van der Waals surface area contributed by atoms with Gasteiger partial charge in [0.25, 0.3) is 0 Å². The van der Waals surface area contributed by atoms with Crippen molar-refractivity contribution in [3.63, 3.8) is 0 Å². The van der Waals surface area contributed by atoms with Crippen molar-refractivity contribution >= 4 is 5.97 Å². The number of aliphatic hydroxyl groups is 5. The van der Waals surface area contributed by atoms with Crippen LogP contribution in [0.25, 0.3) is 0 Å².